The van der Waals surface area contributed by atoms with Crippen LogP contribution in [0.15, 0.2) is 48.5 Å². The molecule has 0 bridgehead atoms. The molecule has 0 radical (unpaired) electrons. The zero-order chi connectivity index (χ0) is 16.5. The maximum Gasteiger partial charge on any atom is 0.252 e. The number of benzene rings is 2. The van der Waals surface area contributed by atoms with Crippen molar-refractivity contribution in [2.45, 2.75) is 31.4 Å². The van der Waals surface area contributed by atoms with Crippen LogP contribution in [0.5, 0.6) is 0 Å². The minimum Gasteiger partial charge on any atom is -0.368 e. The summed E-state index contributed by atoms with van der Waals surface area (Å²) in [4.78, 5) is 14.9. The number of rotatable bonds is 2. The van der Waals surface area contributed by atoms with E-state index in [0.717, 1.165) is 30.4 Å². The van der Waals surface area contributed by atoms with Crippen LogP contribution < -0.4 is 0 Å². The van der Waals surface area contributed by atoms with Crippen LogP contribution in [0.3, 0.4) is 0 Å². The third kappa shape index (κ3) is 2.71. The Morgan fingerprint density at radius 1 is 1.12 bits per heavy atom. The molecule has 0 spiro atoms. The van der Waals surface area contributed by atoms with E-state index in [2.05, 4.69) is 12.1 Å². The Hall–Kier alpha value is -2.20. The molecule has 4 heteroatoms. The van der Waals surface area contributed by atoms with E-state index < -0.39 is 0 Å². The second kappa shape index (κ2) is 6.36. The van der Waals surface area contributed by atoms with Gasteiger partial charge in [0.25, 0.3) is 5.91 Å². The quantitative estimate of drug-likeness (QED) is 0.846. The monoisotopic (exact) mass is 325 g/mol. The summed E-state index contributed by atoms with van der Waals surface area (Å²) in [7, 11) is 0. The molecule has 124 valence electrons. The number of nitrogens with zero attached hydrogens (tertiary/aromatic N) is 1. The normalized spacial score (nSPS) is 23.1. The zero-order valence-corrected chi connectivity index (χ0v) is 13.5. The first-order valence-electron chi connectivity index (χ1n) is 8.49. The van der Waals surface area contributed by atoms with Gasteiger partial charge in [0.15, 0.2) is 0 Å². The first kappa shape index (κ1) is 15.3. The van der Waals surface area contributed by atoms with Crippen LogP contribution in [0.4, 0.5) is 4.39 Å². The largest absolute Gasteiger partial charge is 0.368 e. The van der Waals surface area contributed by atoms with E-state index in [1.54, 1.807) is 12.1 Å². The average Bonchev–Trinajstić information content (AvgIpc) is 3.16. The molecule has 2 aromatic rings. The Morgan fingerprint density at radius 2 is 1.92 bits per heavy atom. The molecule has 1 saturated heterocycles. The fourth-order valence-corrected chi connectivity index (χ4v) is 3.77. The maximum atomic E-state index is 13.4. The van der Waals surface area contributed by atoms with Crippen LogP contribution in [0.25, 0.3) is 0 Å². The van der Waals surface area contributed by atoms with Crippen LogP contribution in [-0.4, -0.2) is 30.1 Å². The van der Waals surface area contributed by atoms with Gasteiger partial charge in [-0.3, -0.25) is 4.79 Å². The smallest absolute Gasteiger partial charge is 0.252 e. The summed E-state index contributed by atoms with van der Waals surface area (Å²) in [6, 6.07) is 14.5. The van der Waals surface area contributed by atoms with Gasteiger partial charge < -0.3 is 9.64 Å². The van der Waals surface area contributed by atoms with Crippen molar-refractivity contribution < 1.29 is 13.9 Å². The van der Waals surface area contributed by atoms with Crippen molar-refractivity contribution >= 4 is 5.91 Å². The number of ether oxygens (including phenoxy) is 1. The molecule has 2 aliphatic rings. The van der Waals surface area contributed by atoms with Gasteiger partial charge in [0.1, 0.15) is 11.9 Å². The highest BCUT2D eigenvalue weighted by atomic mass is 19.1. The second-order valence-electron chi connectivity index (χ2n) is 6.44. The van der Waals surface area contributed by atoms with E-state index in [-0.39, 0.29) is 23.9 Å². The number of carbonyl (C=O) groups is 1. The second-order valence-corrected chi connectivity index (χ2v) is 6.44. The Bertz CT molecular complexity index is 738. The summed E-state index contributed by atoms with van der Waals surface area (Å²) in [6.07, 6.45) is 2.22. The molecule has 2 atom stereocenters. The lowest BCUT2D eigenvalue weighted by Gasteiger charge is -2.39. The lowest BCUT2D eigenvalue weighted by atomic mass is 9.87. The summed E-state index contributed by atoms with van der Waals surface area (Å²) in [5, 5.41) is 0. The third-order valence-electron chi connectivity index (χ3n) is 4.96. The highest BCUT2D eigenvalue weighted by Gasteiger charge is 2.36. The molecule has 0 saturated carbocycles. The summed E-state index contributed by atoms with van der Waals surface area (Å²) >= 11 is 0. The Morgan fingerprint density at radius 3 is 2.67 bits per heavy atom. The van der Waals surface area contributed by atoms with E-state index in [9.17, 15) is 9.18 Å². The molecule has 0 aliphatic carbocycles. The van der Waals surface area contributed by atoms with Crippen LogP contribution in [-0.2, 0) is 16.0 Å². The summed E-state index contributed by atoms with van der Waals surface area (Å²) in [5.74, 6) is -0.212. The van der Waals surface area contributed by atoms with Crippen molar-refractivity contribution in [3.05, 3.63) is 71.0 Å². The Balaban J connectivity index is 1.75. The van der Waals surface area contributed by atoms with Gasteiger partial charge >= 0.3 is 0 Å². The van der Waals surface area contributed by atoms with Crippen LogP contribution >= 0.6 is 0 Å². The lowest BCUT2D eigenvalue weighted by molar-refractivity contribution is -0.143. The molecule has 24 heavy (non-hydrogen) atoms. The molecule has 2 aliphatic heterocycles. The predicted octanol–water partition coefficient (Wildman–Crippen LogP) is 3.48. The van der Waals surface area contributed by atoms with Gasteiger partial charge in [0.2, 0.25) is 0 Å². The molecular weight excluding hydrogens is 305 g/mol. The van der Waals surface area contributed by atoms with Gasteiger partial charge in [-0.15, -0.1) is 0 Å². The van der Waals surface area contributed by atoms with E-state index in [1.165, 1.54) is 17.7 Å². The summed E-state index contributed by atoms with van der Waals surface area (Å²) in [5.41, 5.74) is 3.32. The standard InChI is InChI=1S/C20H20FNO2/c21-16-9-7-15(8-10-16)19-17-5-2-1-4-14(17)11-12-22(19)20(23)18-6-3-13-24-18/h1-2,4-5,7-10,18-19H,3,6,11-13H2/t18-,19-/m0/s1. The summed E-state index contributed by atoms with van der Waals surface area (Å²) in [6.45, 7) is 1.32. The topological polar surface area (TPSA) is 29.5 Å². The fraction of sp³-hybridized carbons (Fsp3) is 0.350. The molecular formula is C20H20FNO2. The van der Waals surface area contributed by atoms with Crippen LogP contribution in [0.1, 0.15) is 35.6 Å². The highest BCUT2D eigenvalue weighted by Crippen LogP contribution is 2.36. The number of amides is 1. The van der Waals surface area contributed by atoms with E-state index >= 15 is 0 Å². The van der Waals surface area contributed by atoms with Crippen molar-refractivity contribution in [2.24, 2.45) is 0 Å². The number of hydrogen-bond acceptors (Lipinski definition) is 2. The van der Waals surface area contributed by atoms with E-state index in [0.29, 0.717) is 13.2 Å². The van der Waals surface area contributed by atoms with E-state index in [1.807, 2.05) is 17.0 Å². The third-order valence-corrected chi connectivity index (χ3v) is 4.96. The molecule has 2 aromatic carbocycles. The van der Waals surface area contributed by atoms with Gasteiger partial charge in [0.05, 0.1) is 6.04 Å². The van der Waals surface area contributed by atoms with Crippen molar-refractivity contribution in [1.82, 2.24) is 4.90 Å². The van der Waals surface area contributed by atoms with Gasteiger partial charge in [-0.25, -0.2) is 4.39 Å². The Kier molecular flexibility index (Phi) is 4.07. The zero-order valence-electron chi connectivity index (χ0n) is 13.5. The summed E-state index contributed by atoms with van der Waals surface area (Å²) < 4.78 is 19.0. The minimum absolute atomic E-state index is 0.0522. The number of hydrogen-bond donors (Lipinski definition) is 0. The van der Waals surface area contributed by atoms with Crippen molar-refractivity contribution in [3.8, 4) is 0 Å². The predicted molar refractivity (Wildman–Crippen MR) is 89.1 cm³/mol. The highest BCUT2D eigenvalue weighted by molar-refractivity contribution is 5.82. The molecule has 1 amide bonds. The first-order chi connectivity index (χ1) is 11.7. The average molecular weight is 325 g/mol. The van der Waals surface area contributed by atoms with Crippen LogP contribution in [0.2, 0.25) is 0 Å². The van der Waals surface area contributed by atoms with Crippen LogP contribution in [0, 0.1) is 5.82 Å². The van der Waals surface area contributed by atoms with Gasteiger partial charge in [-0.2, -0.15) is 0 Å². The molecule has 4 rings (SSSR count). The van der Waals surface area contributed by atoms with Crippen molar-refractivity contribution in [2.75, 3.05) is 13.2 Å². The number of fused-ring (bicyclic) bond motifs is 1. The molecule has 3 nitrogen and oxygen atoms in total. The molecule has 2 heterocycles. The Labute approximate surface area is 141 Å². The molecule has 0 aromatic heterocycles. The number of carbonyl (C=O) groups excluding carboxylic acids is 1. The molecule has 0 unspecified atom stereocenters. The van der Waals surface area contributed by atoms with Gasteiger partial charge in [-0.1, -0.05) is 36.4 Å². The van der Waals surface area contributed by atoms with Gasteiger partial charge in [-0.05, 0) is 48.1 Å². The van der Waals surface area contributed by atoms with E-state index in [4.69, 9.17) is 4.74 Å². The first-order valence-corrected chi connectivity index (χ1v) is 8.49. The van der Waals surface area contributed by atoms with Crippen molar-refractivity contribution in [1.29, 1.82) is 0 Å². The molecule has 1 fully saturated rings. The molecule has 0 N–H and O–H groups in total. The fourth-order valence-electron chi connectivity index (χ4n) is 3.77. The minimum atomic E-state index is -0.335. The van der Waals surface area contributed by atoms with Crippen molar-refractivity contribution in [3.63, 3.8) is 0 Å². The van der Waals surface area contributed by atoms with Gasteiger partial charge in [0, 0.05) is 13.2 Å². The lowest BCUT2D eigenvalue weighted by Crippen LogP contribution is -2.45. The SMILES string of the molecule is O=C([C@@H]1CCCO1)N1CCc2ccccc2[C@@H]1c1ccc(F)cc1. The maximum absolute atomic E-state index is 13.4. The number of halogens is 1.